The van der Waals surface area contributed by atoms with Crippen LogP contribution in [0.1, 0.15) is 73.4 Å². The molecule has 48 heavy (non-hydrogen) atoms. The molecule has 13 heteroatoms. The Hall–Kier alpha value is -4.42. The smallest absolute Gasteiger partial charge is 0.407 e. The third-order valence-electron chi connectivity index (χ3n) is 9.45. The summed E-state index contributed by atoms with van der Waals surface area (Å²) in [6.07, 6.45) is 6.14. The molecule has 3 aromatic heterocycles. The van der Waals surface area contributed by atoms with E-state index in [-0.39, 0.29) is 17.9 Å². The number of thiazole rings is 1. The maximum absolute atomic E-state index is 16.3. The summed E-state index contributed by atoms with van der Waals surface area (Å²) in [7, 11) is 1.27. The maximum atomic E-state index is 16.3. The van der Waals surface area contributed by atoms with Gasteiger partial charge in [0.1, 0.15) is 23.4 Å². The summed E-state index contributed by atoms with van der Waals surface area (Å²) >= 11 is 8.00. The van der Waals surface area contributed by atoms with Crippen LogP contribution >= 0.6 is 22.9 Å². The van der Waals surface area contributed by atoms with E-state index in [2.05, 4.69) is 15.3 Å². The van der Waals surface area contributed by atoms with Crippen LogP contribution in [-0.2, 0) is 9.53 Å². The fourth-order valence-corrected chi connectivity index (χ4v) is 8.16. The standard InChI is InChI=1S/C35H34ClFN6O4S/c1-17(2)30(41-35(45)46-3)33(44)42-10-4-5-25(42)31-38-15-23(40-31)19-12-22(37)29-26-13-20-11-21(36)8-9-24(20)43(26)34(47-27(29)14-19)28-16-39-32(48-28)18-6-7-18/h8-9,11-18,25,30,34H,4-7,10H2,1-3H3,(H,38,40)(H,41,45). The zero-order chi connectivity index (χ0) is 33.3. The van der Waals surface area contributed by atoms with Crippen molar-refractivity contribution in [1.29, 1.82) is 0 Å². The molecule has 2 N–H and O–H groups in total. The first-order chi connectivity index (χ1) is 23.2. The Morgan fingerprint density at radius 2 is 1.98 bits per heavy atom. The molecule has 248 valence electrons. The fraction of sp³-hybridized carbons (Fsp3) is 0.371. The van der Waals surface area contributed by atoms with Gasteiger partial charge in [0.2, 0.25) is 12.1 Å². The van der Waals surface area contributed by atoms with Gasteiger partial charge in [-0.05, 0) is 68.0 Å². The van der Waals surface area contributed by atoms with E-state index >= 15 is 4.39 Å². The number of nitrogens with zero attached hydrogens (tertiary/aromatic N) is 4. The number of carbonyl (C=O) groups excluding carboxylic acids is 2. The van der Waals surface area contributed by atoms with Crippen LogP contribution in [-0.4, -0.2) is 56.1 Å². The van der Waals surface area contributed by atoms with Gasteiger partial charge >= 0.3 is 6.09 Å². The van der Waals surface area contributed by atoms with Crippen LogP contribution in [0.5, 0.6) is 5.75 Å². The van der Waals surface area contributed by atoms with E-state index in [1.54, 1.807) is 22.4 Å². The number of carbonyl (C=O) groups is 2. The molecule has 3 aliphatic rings. The lowest BCUT2D eigenvalue weighted by Gasteiger charge is -2.30. The van der Waals surface area contributed by atoms with E-state index in [1.807, 2.05) is 54.9 Å². The van der Waals surface area contributed by atoms with Crippen molar-refractivity contribution in [2.24, 2.45) is 5.92 Å². The summed E-state index contributed by atoms with van der Waals surface area (Å²) in [6.45, 7) is 4.29. The number of methoxy groups -OCH3 is 1. The van der Waals surface area contributed by atoms with E-state index in [9.17, 15) is 9.59 Å². The number of halogens is 2. The Morgan fingerprint density at radius 3 is 2.75 bits per heavy atom. The van der Waals surface area contributed by atoms with Crippen LogP contribution in [0.15, 0.2) is 48.8 Å². The average Bonchev–Trinajstić information content (AvgIpc) is 3.47. The van der Waals surface area contributed by atoms with E-state index in [0.717, 1.165) is 40.1 Å². The highest BCUT2D eigenvalue weighted by Gasteiger charge is 2.38. The first-order valence-electron chi connectivity index (χ1n) is 16.2. The summed E-state index contributed by atoms with van der Waals surface area (Å²) in [6, 6.07) is 9.88. The molecule has 1 aliphatic carbocycles. The summed E-state index contributed by atoms with van der Waals surface area (Å²) in [5, 5.41) is 5.27. The summed E-state index contributed by atoms with van der Waals surface area (Å²) in [5.41, 5.74) is 3.15. The lowest BCUT2D eigenvalue weighted by molar-refractivity contribution is -0.135. The van der Waals surface area contributed by atoms with Crippen molar-refractivity contribution in [2.75, 3.05) is 13.7 Å². The maximum Gasteiger partial charge on any atom is 0.407 e. The molecule has 3 unspecified atom stereocenters. The number of likely N-dealkylation sites (tertiary alicyclic amines) is 1. The van der Waals surface area contributed by atoms with Crippen LogP contribution in [0, 0.1) is 11.7 Å². The molecule has 2 amide bonds. The number of rotatable bonds is 7. The van der Waals surface area contributed by atoms with Gasteiger partial charge in [-0.2, -0.15) is 0 Å². The van der Waals surface area contributed by atoms with Crippen molar-refractivity contribution in [3.05, 3.63) is 75.3 Å². The molecule has 0 spiro atoms. The number of amides is 2. The number of alkyl carbamates (subject to hydrolysis) is 1. The summed E-state index contributed by atoms with van der Waals surface area (Å²) < 4.78 is 29.7. The molecule has 1 saturated carbocycles. The molecule has 2 aromatic carbocycles. The molecular formula is C35H34ClFN6O4S. The van der Waals surface area contributed by atoms with Gasteiger partial charge in [-0.1, -0.05) is 25.4 Å². The molecule has 8 rings (SSSR count). The summed E-state index contributed by atoms with van der Waals surface area (Å²) in [4.78, 5) is 41.0. The van der Waals surface area contributed by atoms with E-state index < -0.39 is 24.2 Å². The molecule has 1 saturated heterocycles. The third kappa shape index (κ3) is 5.31. The molecule has 0 bridgehead atoms. The Kier molecular flexibility index (Phi) is 7.67. The van der Waals surface area contributed by atoms with E-state index in [1.165, 1.54) is 13.2 Å². The minimum atomic E-state index is -0.738. The number of hydrogen-bond donors (Lipinski definition) is 2. The van der Waals surface area contributed by atoms with Crippen molar-refractivity contribution >= 4 is 45.8 Å². The Labute approximate surface area is 285 Å². The van der Waals surface area contributed by atoms with Crippen molar-refractivity contribution in [3.63, 3.8) is 0 Å². The third-order valence-corrected chi connectivity index (χ3v) is 10.9. The SMILES string of the molecule is COC(=O)NC(C(=O)N1CCCC1c1ncc(-c2cc(F)c3c(c2)OC(c2cnc(C4CC4)s2)n2c-3cc3cc(Cl)ccc32)[nH]1)C(C)C. The van der Waals surface area contributed by atoms with Crippen LogP contribution in [0.4, 0.5) is 9.18 Å². The Morgan fingerprint density at radius 1 is 1.15 bits per heavy atom. The van der Waals surface area contributed by atoms with Gasteiger partial charge in [0, 0.05) is 34.6 Å². The van der Waals surface area contributed by atoms with Gasteiger partial charge in [-0.15, -0.1) is 11.3 Å². The quantitative estimate of drug-likeness (QED) is 0.180. The lowest BCUT2D eigenvalue weighted by Crippen LogP contribution is -2.51. The molecule has 3 atom stereocenters. The van der Waals surface area contributed by atoms with Gasteiger partial charge < -0.3 is 24.7 Å². The predicted octanol–water partition coefficient (Wildman–Crippen LogP) is 7.81. The Bertz CT molecular complexity index is 2070. The van der Waals surface area contributed by atoms with E-state index in [0.29, 0.717) is 58.0 Å². The van der Waals surface area contributed by atoms with Crippen LogP contribution in [0.25, 0.3) is 33.4 Å². The fourth-order valence-electron chi connectivity index (χ4n) is 6.87. The normalized spacial score (nSPS) is 19.2. The minimum Gasteiger partial charge on any atom is -0.464 e. The molecule has 2 fully saturated rings. The molecule has 5 aromatic rings. The number of aromatic amines is 1. The van der Waals surface area contributed by atoms with Crippen molar-refractivity contribution in [3.8, 4) is 28.3 Å². The van der Waals surface area contributed by atoms with E-state index in [4.69, 9.17) is 26.1 Å². The molecule has 5 heterocycles. The monoisotopic (exact) mass is 688 g/mol. The Balaban J connectivity index is 1.14. The number of hydrogen-bond acceptors (Lipinski definition) is 7. The predicted molar refractivity (Wildman–Crippen MR) is 181 cm³/mol. The minimum absolute atomic E-state index is 0.145. The highest BCUT2D eigenvalue weighted by molar-refractivity contribution is 7.11. The highest BCUT2D eigenvalue weighted by Crippen LogP contribution is 2.49. The second-order valence-electron chi connectivity index (χ2n) is 13.0. The lowest BCUT2D eigenvalue weighted by atomic mass is 10.0. The first kappa shape index (κ1) is 30.9. The number of benzene rings is 2. The van der Waals surface area contributed by atoms with Gasteiger partial charge in [0.05, 0.1) is 51.7 Å². The highest BCUT2D eigenvalue weighted by atomic mass is 35.5. The van der Waals surface area contributed by atoms with Gasteiger partial charge in [0.15, 0.2) is 0 Å². The number of H-pyrrole nitrogens is 1. The van der Waals surface area contributed by atoms with Gasteiger partial charge in [-0.25, -0.2) is 19.2 Å². The van der Waals surface area contributed by atoms with Crippen molar-refractivity contribution < 1.29 is 23.5 Å². The number of ether oxygens (including phenoxy) is 2. The van der Waals surface area contributed by atoms with Crippen LogP contribution < -0.4 is 10.1 Å². The van der Waals surface area contributed by atoms with Crippen molar-refractivity contribution in [1.82, 2.24) is 29.7 Å². The molecule has 2 aliphatic heterocycles. The largest absolute Gasteiger partial charge is 0.464 e. The molecular weight excluding hydrogens is 655 g/mol. The van der Waals surface area contributed by atoms with Crippen molar-refractivity contribution in [2.45, 2.75) is 63.8 Å². The topological polar surface area (TPSA) is 114 Å². The second kappa shape index (κ2) is 11.9. The van der Waals surface area contributed by atoms with Gasteiger partial charge in [-0.3, -0.25) is 9.36 Å². The second-order valence-corrected chi connectivity index (χ2v) is 14.5. The average molecular weight is 689 g/mol. The molecule has 10 nitrogen and oxygen atoms in total. The zero-order valence-electron chi connectivity index (χ0n) is 26.6. The molecule has 0 radical (unpaired) electrons. The number of aromatic nitrogens is 4. The van der Waals surface area contributed by atoms with Crippen LogP contribution in [0.2, 0.25) is 5.02 Å². The number of imidazole rings is 1. The van der Waals surface area contributed by atoms with Crippen LogP contribution in [0.3, 0.4) is 0 Å². The number of fused-ring (bicyclic) bond motifs is 5. The zero-order valence-corrected chi connectivity index (χ0v) is 28.2. The number of nitrogens with one attached hydrogen (secondary N) is 2. The van der Waals surface area contributed by atoms with Gasteiger partial charge in [0.25, 0.3) is 0 Å². The summed E-state index contributed by atoms with van der Waals surface area (Å²) in [5.74, 6) is 0.752. The first-order valence-corrected chi connectivity index (χ1v) is 17.4.